The van der Waals surface area contributed by atoms with Gasteiger partial charge in [-0.15, -0.1) is 0 Å². The number of nitro benzene ring substituents is 1. The average Bonchev–Trinajstić information content (AvgIpc) is 2.51. The summed E-state index contributed by atoms with van der Waals surface area (Å²) in [4.78, 5) is 10.0. The third-order valence-electron chi connectivity index (χ3n) is 3.78. The molecule has 0 amide bonds. The molecular weight excluding hydrogens is 328 g/mol. The van der Waals surface area contributed by atoms with Gasteiger partial charge in [0.15, 0.2) is 9.84 Å². The van der Waals surface area contributed by atoms with Crippen molar-refractivity contribution in [3.05, 3.63) is 63.7 Å². The molecule has 0 aliphatic heterocycles. The second kappa shape index (κ2) is 7.00. The van der Waals surface area contributed by atoms with E-state index < -0.39 is 20.4 Å². The Bertz CT molecular complexity index is 863. The van der Waals surface area contributed by atoms with Gasteiger partial charge in [0, 0.05) is 24.6 Å². The maximum Gasteiger partial charge on any atom is 0.288 e. The van der Waals surface area contributed by atoms with Crippen molar-refractivity contribution in [1.29, 1.82) is 0 Å². The summed E-state index contributed by atoms with van der Waals surface area (Å²) in [6.45, 7) is 4.67. The van der Waals surface area contributed by atoms with Gasteiger partial charge in [0.25, 0.3) is 5.69 Å². The second-order valence-corrected chi connectivity index (χ2v) is 7.89. The van der Waals surface area contributed by atoms with E-state index in [0.717, 1.165) is 6.26 Å². The van der Waals surface area contributed by atoms with E-state index in [4.69, 9.17) is 0 Å². The molecule has 0 saturated carbocycles. The molecule has 24 heavy (non-hydrogen) atoms. The van der Waals surface area contributed by atoms with Gasteiger partial charge in [-0.1, -0.05) is 36.8 Å². The fourth-order valence-corrected chi connectivity index (χ4v) is 3.30. The lowest BCUT2D eigenvalue weighted by atomic mass is 9.99. The van der Waals surface area contributed by atoms with Crippen LogP contribution in [0.1, 0.15) is 24.0 Å². The maximum absolute atomic E-state index is 11.8. The molecule has 0 radical (unpaired) electrons. The SMILES string of the molecule is Cc1cccc(C(C)CNc2ccc([N+](=O)[O-])c(S(C)(=O)=O)c2)c1. The summed E-state index contributed by atoms with van der Waals surface area (Å²) in [5, 5.41) is 14.1. The average molecular weight is 348 g/mol. The van der Waals surface area contributed by atoms with Crippen molar-refractivity contribution in [2.24, 2.45) is 0 Å². The Hall–Kier alpha value is -2.41. The minimum absolute atomic E-state index is 0.210. The summed E-state index contributed by atoms with van der Waals surface area (Å²) < 4.78 is 23.6. The van der Waals surface area contributed by atoms with Crippen LogP contribution in [0, 0.1) is 17.0 Å². The quantitative estimate of drug-likeness (QED) is 0.637. The van der Waals surface area contributed by atoms with E-state index >= 15 is 0 Å². The standard InChI is InChI=1S/C17H20N2O4S/c1-12-5-4-6-14(9-12)13(2)11-18-15-7-8-16(19(20)21)17(10-15)24(3,22)23/h4-10,13,18H,11H2,1-3H3. The normalized spacial score (nSPS) is 12.6. The number of sulfone groups is 1. The van der Waals surface area contributed by atoms with Crippen LogP contribution in [-0.4, -0.2) is 26.1 Å². The topological polar surface area (TPSA) is 89.3 Å². The smallest absolute Gasteiger partial charge is 0.288 e. The second-order valence-electron chi connectivity index (χ2n) is 5.91. The van der Waals surface area contributed by atoms with Crippen LogP contribution in [0.15, 0.2) is 47.4 Å². The zero-order valence-corrected chi connectivity index (χ0v) is 14.6. The third kappa shape index (κ3) is 4.32. The molecule has 2 rings (SSSR count). The van der Waals surface area contributed by atoms with E-state index in [-0.39, 0.29) is 10.8 Å². The van der Waals surface area contributed by atoms with E-state index in [1.807, 2.05) is 25.1 Å². The molecule has 0 fully saturated rings. The van der Waals surface area contributed by atoms with Gasteiger partial charge in [0.1, 0.15) is 4.90 Å². The molecule has 1 N–H and O–H groups in total. The summed E-state index contributed by atoms with van der Waals surface area (Å²) in [5.74, 6) is 0.210. The Morgan fingerprint density at radius 1 is 1.21 bits per heavy atom. The van der Waals surface area contributed by atoms with Gasteiger partial charge in [0.05, 0.1) is 4.92 Å². The first-order chi connectivity index (χ1) is 11.2. The summed E-state index contributed by atoms with van der Waals surface area (Å²) in [7, 11) is -3.68. The lowest BCUT2D eigenvalue weighted by Gasteiger charge is -2.15. The summed E-state index contributed by atoms with van der Waals surface area (Å²) in [5.41, 5.74) is 2.48. The van der Waals surface area contributed by atoms with E-state index in [2.05, 4.69) is 18.3 Å². The van der Waals surface area contributed by atoms with Gasteiger partial charge < -0.3 is 5.32 Å². The van der Waals surface area contributed by atoms with Crippen molar-refractivity contribution in [3.8, 4) is 0 Å². The Balaban J connectivity index is 2.20. The molecule has 0 bridgehead atoms. The Kier molecular flexibility index (Phi) is 5.23. The van der Waals surface area contributed by atoms with Crippen molar-refractivity contribution >= 4 is 21.2 Å². The largest absolute Gasteiger partial charge is 0.384 e. The Morgan fingerprint density at radius 2 is 1.92 bits per heavy atom. The van der Waals surface area contributed by atoms with Crippen LogP contribution in [0.25, 0.3) is 0 Å². The van der Waals surface area contributed by atoms with E-state index in [9.17, 15) is 18.5 Å². The highest BCUT2D eigenvalue weighted by Crippen LogP contribution is 2.27. The highest BCUT2D eigenvalue weighted by Gasteiger charge is 2.22. The highest BCUT2D eigenvalue weighted by atomic mass is 32.2. The van der Waals surface area contributed by atoms with Crippen molar-refractivity contribution in [1.82, 2.24) is 0 Å². The van der Waals surface area contributed by atoms with Crippen LogP contribution in [0.5, 0.6) is 0 Å². The van der Waals surface area contributed by atoms with E-state index in [1.165, 1.54) is 29.3 Å². The summed E-state index contributed by atoms with van der Waals surface area (Å²) in [6, 6.07) is 12.2. The van der Waals surface area contributed by atoms with Crippen LogP contribution in [0.2, 0.25) is 0 Å². The molecule has 1 unspecified atom stereocenters. The maximum atomic E-state index is 11.8. The predicted octanol–water partition coefficient (Wildman–Crippen LogP) is 3.52. The number of hydrogen-bond acceptors (Lipinski definition) is 5. The fraction of sp³-hybridized carbons (Fsp3) is 0.294. The molecule has 2 aromatic carbocycles. The summed E-state index contributed by atoms with van der Waals surface area (Å²) in [6.07, 6.45) is 0.967. The molecule has 0 aliphatic rings. The first-order valence-corrected chi connectivity index (χ1v) is 9.36. The summed E-state index contributed by atoms with van der Waals surface area (Å²) >= 11 is 0. The van der Waals surface area contributed by atoms with Gasteiger partial charge >= 0.3 is 0 Å². The van der Waals surface area contributed by atoms with Crippen LogP contribution >= 0.6 is 0 Å². The first-order valence-electron chi connectivity index (χ1n) is 7.47. The number of benzene rings is 2. The lowest BCUT2D eigenvalue weighted by Crippen LogP contribution is -2.11. The monoisotopic (exact) mass is 348 g/mol. The molecule has 2 aromatic rings. The molecule has 6 nitrogen and oxygen atoms in total. The van der Waals surface area contributed by atoms with Crippen molar-refractivity contribution < 1.29 is 13.3 Å². The van der Waals surface area contributed by atoms with Gasteiger partial charge in [0.2, 0.25) is 0 Å². The van der Waals surface area contributed by atoms with Crippen LogP contribution in [0.4, 0.5) is 11.4 Å². The number of nitrogens with zero attached hydrogens (tertiary/aromatic N) is 1. The van der Waals surface area contributed by atoms with Crippen molar-refractivity contribution in [3.63, 3.8) is 0 Å². The number of aryl methyl sites for hydroxylation is 1. The number of anilines is 1. The van der Waals surface area contributed by atoms with Gasteiger partial charge in [-0.05, 0) is 30.5 Å². The minimum Gasteiger partial charge on any atom is -0.384 e. The molecule has 0 saturated heterocycles. The lowest BCUT2D eigenvalue weighted by molar-refractivity contribution is -0.387. The van der Waals surface area contributed by atoms with Gasteiger partial charge in [-0.3, -0.25) is 10.1 Å². The molecule has 128 valence electrons. The van der Waals surface area contributed by atoms with Crippen LogP contribution in [0.3, 0.4) is 0 Å². The Morgan fingerprint density at radius 3 is 2.50 bits per heavy atom. The molecule has 7 heteroatoms. The molecule has 1 atom stereocenters. The third-order valence-corrected chi connectivity index (χ3v) is 4.91. The number of nitro groups is 1. The van der Waals surface area contributed by atoms with Crippen LogP contribution in [-0.2, 0) is 9.84 Å². The number of rotatable bonds is 6. The highest BCUT2D eigenvalue weighted by molar-refractivity contribution is 7.90. The number of hydrogen-bond donors (Lipinski definition) is 1. The zero-order valence-electron chi connectivity index (χ0n) is 13.8. The van der Waals surface area contributed by atoms with Gasteiger partial charge in [-0.2, -0.15) is 0 Å². The van der Waals surface area contributed by atoms with Crippen molar-refractivity contribution in [2.45, 2.75) is 24.7 Å². The van der Waals surface area contributed by atoms with Crippen molar-refractivity contribution in [2.75, 3.05) is 18.1 Å². The minimum atomic E-state index is -3.68. The fourth-order valence-electron chi connectivity index (χ4n) is 2.44. The number of nitrogens with one attached hydrogen (secondary N) is 1. The van der Waals surface area contributed by atoms with Gasteiger partial charge in [-0.25, -0.2) is 8.42 Å². The van der Waals surface area contributed by atoms with Crippen LogP contribution < -0.4 is 5.32 Å². The Labute approximate surface area is 141 Å². The van der Waals surface area contributed by atoms with E-state index in [1.54, 1.807) is 0 Å². The zero-order chi connectivity index (χ0) is 17.9. The molecular formula is C17H20N2O4S. The molecule has 0 heterocycles. The first kappa shape index (κ1) is 17.9. The molecule has 0 aromatic heterocycles. The predicted molar refractivity (Wildman–Crippen MR) is 94.3 cm³/mol. The molecule has 0 spiro atoms. The van der Waals surface area contributed by atoms with E-state index in [0.29, 0.717) is 12.2 Å². The molecule has 0 aliphatic carbocycles.